The summed E-state index contributed by atoms with van der Waals surface area (Å²) in [5.41, 5.74) is 8.05. The van der Waals surface area contributed by atoms with Crippen LogP contribution in [0.1, 0.15) is 5.56 Å². The van der Waals surface area contributed by atoms with Crippen molar-refractivity contribution in [2.24, 2.45) is 5.73 Å². The number of amides is 1. The van der Waals surface area contributed by atoms with E-state index < -0.39 is 5.91 Å². The summed E-state index contributed by atoms with van der Waals surface area (Å²) in [6.45, 7) is 0.132. The predicted molar refractivity (Wildman–Crippen MR) is 50.1 cm³/mol. The SMILES string of the molecule is NC(=O)CONCc1ccccc1O. The average Bonchev–Trinajstić information content (AvgIpc) is 2.15. The van der Waals surface area contributed by atoms with Crippen molar-refractivity contribution >= 4 is 5.91 Å². The Morgan fingerprint density at radius 1 is 1.50 bits per heavy atom. The molecule has 1 rings (SSSR count). The van der Waals surface area contributed by atoms with Gasteiger partial charge in [0.1, 0.15) is 12.4 Å². The number of para-hydroxylation sites is 1. The highest BCUT2D eigenvalue weighted by atomic mass is 16.6. The molecule has 14 heavy (non-hydrogen) atoms. The van der Waals surface area contributed by atoms with Gasteiger partial charge in [-0.3, -0.25) is 9.63 Å². The monoisotopic (exact) mass is 196 g/mol. The summed E-state index contributed by atoms with van der Waals surface area (Å²) >= 11 is 0. The maximum absolute atomic E-state index is 10.3. The number of hydroxylamine groups is 1. The number of carbonyl (C=O) groups excluding carboxylic acids is 1. The molecule has 0 fully saturated rings. The van der Waals surface area contributed by atoms with E-state index >= 15 is 0 Å². The molecule has 1 aromatic carbocycles. The lowest BCUT2D eigenvalue weighted by molar-refractivity contribution is -0.125. The third kappa shape index (κ3) is 3.42. The second kappa shape index (κ2) is 5.21. The first-order valence-electron chi connectivity index (χ1n) is 4.10. The Bertz CT molecular complexity index is 315. The Morgan fingerprint density at radius 2 is 2.21 bits per heavy atom. The molecular weight excluding hydrogens is 184 g/mol. The van der Waals surface area contributed by atoms with Crippen molar-refractivity contribution in [1.29, 1.82) is 0 Å². The zero-order chi connectivity index (χ0) is 10.4. The summed E-state index contributed by atoms with van der Waals surface area (Å²) in [5, 5.41) is 9.33. The first-order valence-corrected chi connectivity index (χ1v) is 4.10. The van der Waals surface area contributed by atoms with Gasteiger partial charge in [0.15, 0.2) is 0 Å². The van der Waals surface area contributed by atoms with Crippen LogP contribution in [0, 0.1) is 0 Å². The Balaban J connectivity index is 2.31. The number of primary amides is 1. The molecule has 0 aliphatic carbocycles. The van der Waals surface area contributed by atoms with E-state index in [9.17, 15) is 9.90 Å². The van der Waals surface area contributed by atoms with E-state index in [1.807, 2.05) is 0 Å². The van der Waals surface area contributed by atoms with E-state index in [1.165, 1.54) is 0 Å². The molecule has 0 aromatic heterocycles. The normalized spacial score (nSPS) is 10.0. The number of nitrogens with two attached hydrogens (primary N) is 1. The van der Waals surface area contributed by atoms with Crippen LogP contribution in [0.15, 0.2) is 24.3 Å². The fourth-order valence-corrected chi connectivity index (χ4v) is 0.911. The van der Waals surface area contributed by atoms with Crippen LogP contribution < -0.4 is 11.2 Å². The number of hydrogen-bond acceptors (Lipinski definition) is 4. The summed E-state index contributed by atoms with van der Waals surface area (Å²) in [6, 6.07) is 6.84. The minimum Gasteiger partial charge on any atom is -0.508 e. The molecule has 0 saturated heterocycles. The molecule has 0 saturated carbocycles. The van der Waals surface area contributed by atoms with Crippen LogP contribution in [0.5, 0.6) is 5.75 Å². The summed E-state index contributed by atoms with van der Waals surface area (Å²) in [7, 11) is 0. The average molecular weight is 196 g/mol. The number of phenols is 1. The van der Waals surface area contributed by atoms with E-state index in [-0.39, 0.29) is 12.4 Å². The van der Waals surface area contributed by atoms with Crippen molar-refractivity contribution in [3.8, 4) is 5.75 Å². The molecule has 0 heterocycles. The Labute approximate surface area is 81.4 Å². The number of hydrogen-bond donors (Lipinski definition) is 3. The lowest BCUT2D eigenvalue weighted by Gasteiger charge is -2.05. The van der Waals surface area contributed by atoms with Crippen molar-refractivity contribution in [3.63, 3.8) is 0 Å². The number of rotatable bonds is 5. The molecule has 76 valence electrons. The molecule has 4 N–H and O–H groups in total. The highest BCUT2D eigenvalue weighted by molar-refractivity contribution is 5.74. The smallest absolute Gasteiger partial charge is 0.245 e. The maximum Gasteiger partial charge on any atom is 0.245 e. The van der Waals surface area contributed by atoms with Gasteiger partial charge in [0.05, 0.1) is 0 Å². The quantitative estimate of drug-likeness (QED) is 0.453. The lowest BCUT2D eigenvalue weighted by Crippen LogP contribution is -2.24. The Morgan fingerprint density at radius 3 is 2.86 bits per heavy atom. The summed E-state index contributed by atoms with van der Waals surface area (Å²) in [5.74, 6) is -0.363. The van der Waals surface area contributed by atoms with Crippen LogP contribution in [0.25, 0.3) is 0 Å². The minimum absolute atomic E-state index is 0.183. The molecule has 0 bridgehead atoms. The third-order valence-electron chi connectivity index (χ3n) is 1.57. The minimum atomic E-state index is -0.546. The second-order valence-corrected chi connectivity index (χ2v) is 2.70. The van der Waals surface area contributed by atoms with Crippen LogP contribution in [-0.2, 0) is 16.2 Å². The number of carbonyl (C=O) groups is 1. The van der Waals surface area contributed by atoms with E-state index in [0.29, 0.717) is 12.1 Å². The molecule has 5 heteroatoms. The first kappa shape index (κ1) is 10.5. The molecule has 0 atom stereocenters. The van der Waals surface area contributed by atoms with Gasteiger partial charge < -0.3 is 10.8 Å². The van der Waals surface area contributed by atoms with E-state index in [0.717, 1.165) is 0 Å². The zero-order valence-electron chi connectivity index (χ0n) is 7.56. The fraction of sp³-hybridized carbons (Fsp3) is 0.222. The van der Waals surface area contributed by atoms with Gasteiger partial charge in [-0.05, 0) is 6.07 Å². The van der Waals surface area contributed by atoms with Crippen molar-refractivity contribution in [3.05, 3.63) is 29.8 Å². The van der Waals surface area contributed by atoms with Crippen LogP contribution in [-0.4, -0.2) is 17.6 Å². The highest BCUT2D eigenvalue weighted by Crippen LogP contribution is 2.14. The fourth-order valence-electron chi connectivity index (χ4n) is 0.911. The van der Waals surface area contributed by atoms with Crippen molar-refractivity contribution in [2.75, 3.05) is 6.61 Å². The van der Waals surface area contributed by atoms with Crippen LogP contribution in [0.4, 0.5) is 0 Å². The largest absolute Gasteiger partial charge is 0.508 e. The van der Waals surface area contributed by atoms with Crippen molar-refractivity contribution in [1.82, 2.24) is 5.48 Å². The number of phenolic OH excluding ortho intramolecular Hbond substituents is 1. The maximum atomic E-state index is 10.3. The molecule has 1 aromatic rings. The molecule has 0 unspecified atom stereocenters. The standard InChI is InChI=1S/C9H12N2O3/c10-9(13)6-14-11-5-7-3-1-2-4-8(7)12/h1-4,11-12H,5-6H2,(H2,10,13). The van der Waals surface area contributed by atoms with Gasteiger partial charge in [0, 0.05) is 12.1 Å². The molecular formula is C9H12N2O3. The van der Waals surface area contributed by atoms with Crippen LogP contribution in [0.3, 0.4) is 0 Å². The molecule has 0 aliphatic heterocycles. The Kier molecular flexibility index (Phi) is 3.90. The topological polar surface area (TPSA) is 84.6 Å². The van der Waals surface area contributed by atoms with Crippen molar-refractivity contribution < 1.29 is 14.7 Å². The summed E-state index contributed by atoms with van der Waals surface area (Å²) < 4.78 is 0. The van der Waals surface area contributed by atoms with Crippen LogP contribution in [0.2, 0.25) is 0 Å². The van der Waals surface area contributed by atoms with Gasteiger partial charge in [-0.2, -0.15) is 5.48 Å². The highest BCUT2D eigenvalue weighted by Gasteiger charge is 1.99. The molecule has 0 radical (unpaired) electrons. The summed E-state index contributed by atoms with van der Waals surface area (Å²) in [4.78, 5) is 15.0. The van der Waals surface area contributed by atoms with Gasteiger partial charge in [0.25, 0.3) is 0 Å². The van der Waals surface area contributed by atoms with Crippen LogP contribution >= 0.6 is 0 Å². The zero-order valence-corrected chi connectivity index (χ0v) is 7.56. The molecule has 0 aliphatic rings. The van der Waals surface area contributed by atoms with E-state index in [2.05, 4.69) is 5.48 Å². The lowest BCUT2D eigenvalue weighted by atomic mass is 10.2. The number of benzene rings is 1. The van der Waals surface area contributed by atoms with Crippen molar-refractivity contribution in [2.45, 2.75) is 6.54 Å². The van der Waals surface area contributed by atoms with E-state index in [1.54, 1.807) is 24.3 Å². The van der Waals surface area contributed by atoms with Gasteiger partial charge in [0.2, 0.25) is 5.91 Å². The number of aromatic hydroxyl groups is 1. The van der Waals surface area contributed by atoms with Gasteiger partial charge >= 0.3 is 0 Å². The van der Waals surface area contributed by atoms with Gasteiger partial charge in [-0.25, -0.2) is 0 Å². The van der Waals surface area contributed by atoms with Gasteiger partial charge in [-0.1, -0.05) is 18.2 Å². The van der Waals surface area contributed by atoms with E-state index in [4.69, 9.17) is 10.6 Å². The number of nitrogens with one attached hydrogen (secondary N) is 1. The predicted octanol–water partition coefficient (Wildman–Crippen LogP) is -0.101. The third-order valence-corrected chi connectivity index (χ3v) is 1.57. The second-order valence-electron chi connectivity index (χ2n) is 2.70. The summed E-state index contributed by atoms with van der Waals surface area (Å²) in [6.07, 6.45) is 0. The molecule has 1 amide bonds. The molecule has 0 spiro atoms. The Hall–Kier alpha value is -1.59. The first-order chi connectivity index (χ1) is 6.70. The van der Waals surface area contributed by atoms with Gasteiger partial charge in [-0.15, -0.1) is 0 Å². The molecule has 5 nitrogen and oxygen atoms in total.